The first-order valence-electron chi connectivity index (χ1n) is 10.2. The van der Waals surface area contributed by atoms with Crippen LogP contribution < -0.4 is 9.62 Å². The van der Waals surface area contributed by atoms with Crippen molar-refractivity contribution >= 4 is 27.3 Å². The van der Waals surface area contributed by atoms with Crippen LogP contribution in [0.2, 0.25) is 0 Å². The highest BCUT2D eigenvalue weighted by atomic mass is 32.2. The number of carbonyl (C=O) groups excluding carboxylic acids is 1. The first-order chi connectivity index (χ1) is 15.5. The van der Waals surface area contributed by atoms with Crippen LogP contribution in [0.5, 0.6) is 0 Å². The lowest BCUT2D eigenvalue weighted by atomic mass is 10.1. The normalized spacial score (nSPS) is 15.9. The Morgan fingerprint density at radius 2 is 1.73 bits per heavy atom. The van der Waals surface area contributed by atoms with Gasteiger partial charge in [-0.25, -0.2) is 8.42 Å². The lowest BCUT2D eigenvalue weighted by Gasteiger charge is -2.24. The summed E-state index contributed by atoms with van der Waals surface area (Å²) in [7, 11) is -3.79. The first kappa shape index (κ1) is 22.8. The van der Waals surface area contributed by atoms with Crippen molar-refractivity contribution in [3.8, 4) is 0 Å². The highest BCUT2D eigenvalue weighted by molar-refractivity contribution is 7.92. The van der Waals surface area contributed by atoms with Crippen molar-refractivity contribution in [3.63, 3.8) is 0 Å². The van der Waals surface area contributed by atoms with Gasteiger partial charge in [-0.05, 0) is 74.4 Å². The van der Waals surface area contributed by atoms with E-state index in [-0.39, 0.29) is 22.2 Å². The van der Waals surface area contributed by atoms with Crippen molar-refractivity contribution < 1.29 is 26.4 Å². The Balaban J connectivity index is 1.60. The van der Waals surface area contributed by atoms with E-state index in [1.165, 1.54) is 22.5 Å². The molecule has 3 aromatic rings. The maximum absolute atomic E-state index is 13.2. The molecule has 1 amide bonds. The Hall–Kier alpha value is -3.33. The molecule has 0 aromatic heterocycles. The molecule has 3 aromatic carbocycles. The molecule has 0 unspecified atom stereocenters. The van der Waals surface area contributed by atoms with E-state index in [2.05, 4.69) is 5.32 Å². The lowest BCUT2D eigenvalue weighted by Crippen LogP contribution is -2.35. The third-order valence-corrected chi connectivity index (χ3v) is 7.46. The Labute approximate surface area is 189 Å². The van der Waals surface area contributed by atoms with Gasteiger partial charge in [-0.2, -0.15) is 13.2 Å². The van der Waals surface area contributed by atoms with Crippen LogP contribution in [-0.2, 0) is 22.6 Å². The maximum atomic E-state index is 13.2. The van der Waals surface area contributed by atoms with E-state index < -0.39 is 27.7 Å². The van der Waals surface area contributed by atoms with Gasteiger partial charge >= 0.3 is 6.18 Å². The van der Waals surface area contributed by atoms with Crippen molar-refractivity contribution in [1.29, 1.82) is 0 Å². The highest BCUT2D eigenvalue weighted by Gasteiger charge is 2.36. The molecule has 4 rings (SSSR count). The van der Waals surface area contributed by atoms with E-state index in [0.717, 1.165) is 17.7 Å². The van der Waals surface area contributed by atoms with Crippen molar-refractivity contribution in [2.45, 2.75) is 37.4 Å². The Kier molecular flexibility index (Phi) is 5.69. The topological polar surface area (TPSA) is 66.5 Å². The molecule has 5 nitrogen and oxygen atoms in total. The summed E-state index contributed by atoms with van der Waals surface area (Å²) in [5, 5.41) is 2.47. The van der Waals surface area contributed by atoms with Gasteiger partial charge in [0.15, 0.2) is 0 Å². The van der Waals surface area contributed by atoms with E-state index in [0.29, 0.717) is 17.7 Å². The Morgan fingerprint density at radius 1 is 1.03 bits per heavy atom. The maximum Gasteiger partial charge on any atom is 0.416 e. The molecule has 9 heteroatoms. The summed E-state index contributed by atoms with van der Waals surface area (Å²) in [4.78, 5) is 12.8. The summed E-state index contributed by atoms with van der Waals surface area (Å²) < 4.78 is 66.6. The molecule has 1 heterocycles. The van der Waals surface area contributed by atoms with E-state index >= 15 is 0 Å². The molecular formula is C24H21F3N2O3S. The Bertz CT molecular complexity index is 1320. The number of fused-ring (bicyclic) bond motifs is 1. The van der Waals surface area contributed by atoms with E-state index in [9.17, 15) is 26.4 Å². The van der Waals surface area contributed by atoms with Crippen LogP contribution in [0.1, 0.15) is 34.0 Å². The average molecular weight is 475 g/mol. The fraction of sp³-hybridized carbons (Fsp3) is 0.208. The quantitative estimate of drug-likeness (QED) is 0.550. The summed E-state index contributed by atoms with van der Waals surface area (Å²) in [5.74, 6) is -0.579. The second kappa shape index (κ2) is 8.22. The van der Waals surface area contributed by atoms with Crippen molar-refractivity contribution in [2.24, 2.45) is 0 Å². The fourth-order valence-corrected chi connectivity index (χ4v) is 5.60. The largest absolute Gasteiger partial charge is 0.416 e. The van der Waals surface area contributed by atoms with Crippen LogP contribution in [0.15, 0.2) is 71.6 Å². The molecular weight excluding hydrogens is 453 g/mol. The summed E-state index contributed by atoms with van der Waals surface area (Å²) in [6.45, 7) is 3.66. The molecule has 0 radical (unpaired) electrons. The molecule has 0 bridgehead atoms. The minimum atomic E-state index is -4.52. The van der Waals surface area contributed by atoms with Crippen LogP contribution in [0.25, 0.3) is 0 Å². The molecule has 0 fully saturated rings. The number of benzene rings is 3. The van der Waals surface area contributed by atoms with Crippen LogP contribution >= 0.6 is 0 Å². The number of nitrogens with one attached hydrogen (secondary N) is 1. The second-order valence-electron chi connectivity index (χ2n) is 8.04. The second-order valence-corrected chi connectivity index (χ2v) is 9.86. The van der Waals surface area contributed by atoms with Gasteiger partial charge in [0.05, 0.1) is 16.1 Å². The van der Waals surface area contributed by atoms with Gasteiger partial charge in [0.2, 0.25) is 0 Å². The van der Waals surface area contributed by atoms with Gasteiger partial charge in [-0.3, -0.25) is 9.10 Å². The number of nitrogens with zero attached hydrogens (tertiary/aromatic N) is 1. The molecule has 1 atom stereocenters. The predicted molar refractivity (Wildman–Crippen MR) is 120 cm³/mol. The summed E-state index contributed by atoms with van der Waals surface area (Å²) >= 11 is 0. The number of hydrogen-bond acceptors (Lipinski definition) is 3. The SMILES string of the molecule is Cc1ccc(S(=O)(=O)N2c3ccc(C(=O)Nc4cccc(C(F)(F)F)c4)cc3C[C@@H]2C)cc1. The lowest BCUT2D eigenvalue weighted by molar-refractivity contribution is -0.137. The molecule has 1 aliphatic rings. The van der Waals surface area contributed by atoms with Gasteiger partial charge in [0.1, 0.15) is 0 Å². The molecule has 1 aliphatic heterocycles. The zero-order valence-electron chi connectivity index (χ0n) is 17.8. The minimum Gasteiger partial charge on any atom is -0.322 e. The van der Waals surface area contributed by atoms with Gasteiger partial charge in [0.25, 0.3) is 15.9 Å². The van der Waals surface area contributed by atoms with Gasteiger partial charge in [-0.1, -0.05) is 23.8 Å². The number of rotatable bonds is 4. The molecule has 0 aliphatic carbocycles. The van der Waals surface area contributed by atoms with Crippen molar-refractivity contribution in [1.82, 2.24) is 0 Å². The van der Waals surface area contributed by atoms with Crippen LogP contribution in [0.4, 0.5) is 24.5 Å². The molecule has 0 saturated carbocycles. The number of aryl methyl sites for hydroxylation is 1. The number of hydrogen-bond donors (Lipinski definition) is 1. The van der Waals surface area contributed by atoms with Gasteiger partial charge in [-0.15, -0.1) is 0 Å². The fourth-order valence-electron chi connectivity index (χ4n) is 3.91. The number of alkyl halides is 3. The van der Waals surface area contributed by atoms with Crippen molar-refractivity contribution in [3.05, 3.63) is 89.0 Å². The molecule has 1 N–H and O–H groups in total. The van der Waals surface area contributed by atoms with Gasteiger partial charge < -0.3 is 5.32 Å². The molecule has 33 heavy (non-hydrogen) atoms. The summed E-state index contributed by atoms with van der Waals surface area (Å²) in [5.41, 5.74) is 1.49. The van der Waals surface area contributed by atoms with Crippen LogP contribution in [0, 0.1) is 6.92 Å². The number of sulfonamides is 1. The third kappa shape index (κ3) is 4.45. The van der Waals surface area contributed by atoms with E-state index in [4.69, 9.17) is 0 Å². The van der Waals surface area contributed by atoms with Gasteiger partial charge in [0, 0.05) is 17.3 Å². The van der Waals surface area contributed by atoms with Crippen molar-refractivity contribution in [2.75, 3.05) is 9.62 Å². The van der Waals surface area contributed by atoms with Crippen LogP contribution in [-0.4, -0.2) is 20.4 Å². The van der Waals surface area contributed by atoms with Crippen LogP contribution in [0.3, 0.4) is 0 Å². The summed E-state index contributed by atoms with van der Waals surface area (Å²) in [6, 6.07) is 15.2. The standard InChI is InChI=1S/C24H21F3N2O3S/c1-15-6-9-21(10-7-15)33(31,32)29-16(2)12-18-13-17(8-11-22(18)29)23(30)28-20-5-3-4-19(14-20)24(25,26)27/h3-11,13-14,16H,12H2,1-2H3,(H,28,30)/t16-/m0/s1. The van der Waals surface area contributed by atoms with E-state index in [1.54, 1.807) is 43.3 Å². The number of amides is 1. The predicted octanol–water partition coefficient (Wildman–Crippen LogP) is 5.41. The van der Waals surface area contributed by atoms with E-state index in [1.807, 2.05) is 6.92 Å². The number of anilines is 2. The highest BCUT2D eigenvalue weighted by Crippen LogP contribution is 2.37. The number of carbonyl (C=O) groups is 1. The third-order valence-electron chi connectivity index (χ3n) is 5.52. The smallest absolute Gasteiger partial charge is 0.322 e. The minimum absolute atomic E-state index is 0.0206. The number of halogens is 3. The summed E-state index contributed by atoms with van der Waals surface area (Å²) in [6.07, 6.45) is -4.11. The molecule has 0 saturated heterocycles. The molecule has 0 spiro atoms. The average Bonchev–Trinajstić information content (AvgIpc) is 3.09. The monoisotopic (exact) mass is 474 g/mol. The zero-order valence-corrected chi connectivity index (χ0v) is 18.7. The molecule has 172 valence electrons. The Morgan fingerprint density at radius 3 is 2.39 bits per heavy atom. The zero-order chi connectivity index (χ0) is 24.0. The first-order valence-corrected chi connectivity index (χ1v) is 11.6.